The van der Waals surface area contributed by atoms with Crippen molar-refractivity contribution >= 4 is 0 Å². The number of nitrogens with zero attached hydrogens (tertiary/aromatic N) is 1. The molecule has 0 fully saturated rings. The fourth-order valence-electron chi connectivity index (χ4n) is 0.941. The van der Waals surface area contributed by atoms with Gasteiger partial charge in [0.2, 0.25) is 0 Å². The Kier molecular flexibility index (Phi) is 2.40. The summed E-state index contributed by atoms with van der Waals surface area (Å²) in [5.74, 6) is 0. The Balaban J connectivity index is 2.75. The first-order valence-corrected chi connectivity index (χ1v) is 3.48. The Bertz CT molecular complexity index is 208. The second-order valence-electron chi connectivity index (χ2n) is 2.41. The maximum Gasteiger partial charge on any atom is 0.171 e. The van der Waals surface area contributed by atoms with Gasteiger partial charge in [-0.05, 0) is 13.0 Å². The van der Waals surface area contributed by atoms with Crippen LogP contribution < -0.4 is 10.3 Å². The number of aromatic nitrogens is 1. The van der Waals surface area contributed by atoms with Crippen molar-refractivity contribution in [2.24, 2.45) is 5.73 Å². The molecule has 1 aromatic rings. The van der Waals surface area contributed by atoms with Crippen LogP contribution in [0.5, 0.6) is 0 Å². The largest absolute Gasteiger partial charge is 0.325 e. The van der Waals surface area contributed by atoms with Gasteiger partial charge in [0, 0.05) is 11.6 Å². The van der Waals surface area contributed by atoms with Crippen molar-refractivity contribution in [2.45, 2.75) is 13.5 Å². The van der Waals surface area contributed by atoms with Crippen LogP contribution >= 0.6 is 0 Å². The first-order valence-electron chi connectivity index (χ1n) is 3.48. The smallest absolute Gasteiger partial charge is 0.171 e. The highest BCUT2D eigenvalue weighted by Crippen LogP contribution is 1.88. The standard InChI is InChI=1S/C8H13N2/c1-8-3-2-5-10(7-8)6-4-9/h2-3,5,7H,4,6,9H2,1H3/q+1. The summed E-state index contributed by atoms with van der Waals surface area (Å²) in [5, 5.41) is 0. The lowest BCUT2D eigenvalue weighted by molar-refractivity contribution is -0.694. The number of nitrogens with two attached hydrogens (primary N) is 1. The molecule has 2 N–H and O–H groups in total. The average molecular weight is 137 g/mol. The first-order chi connectivity index (χ1) is 4.83. The summed E-state index contributed by atoms with van der Waals surface area (Å²) < 4.78 is 2.09. The third kappa shape index (κ3) is 1.81. The topological polar surface area (TPSA) is 29.9 Å². The summed E-state index contributed by atoms with van der Waals surface area (Å²) in [7, 11) is 0. The summed E-state index contributed by atoms with van der Waals surface area (Å²) in [5.41, 5.74) is 6.66. The van der Waals surface area contributed by atoms with E-state index in [1.54, 1.807) is 0 Å². The van der Waals surface area contributed by atoms with Crippen LogP contribution in [-0.4, -0.2) is 6.54 Å². The van der Waals surface area contributed by atoms with Gasteiger partial charge in [-0.1, -0.05) is 0 Å². The molecule has 0 saturated carbocycles. The number of hydrogen-bond acceptors (Lipinski definition) is 1. The molecule has 1 heterocycles. The third-order valence-corrected chi connectivity index (χ3v) is 1.39. The molecule has 0 aromatic carbocycles. The maximum absolute atomic E-state index is 5.39. The summed E-state index contributed by atoms with van der Waals surface area (Å²) in [6, 6.07) is 4.11. The minimum atomic E-state index is 0.702. The molecular formula is C8H13N2+. The van der Waals surface area contributed by atoms with Crippen LogP contribution in [0.4, 0.5) is 0 Å². The van der Waals surface area contributed by atoms with Crippen LogP contribution in [0.3, 0.4) is 0 Å². The fourth-order valence-corrected chi connectivity index (χ4v) is 0.941. The van der Waals surface area contributed by atoms with E-state index in [1.807, 2.05) is 12.3 Å². The third-order valence-electron chi connectivity index (χ3n) is 1.39. The van der Waals surface area contributed by atoms with Gasteiger partial charge in [-0.15, -0.1) is 0 Å². The molecule has 0 bridgehead atoms. The van der Waals surface area contributed by atoms with Crippen LogP contribution in [0.1, 0.15) is 5.56 Å². The summed E-state index contributed by atoms with van der Waals surface area (Å²) in [6.45, 7) is 3.68. The Hall–Kier alpha value is -0.890. The number of hydrogen-bond donors (Lipinski definition) is 1. The fraction of sp³-hybridized carbons (Fsp3) is 0.375. The molecule has 0 aliphatic rings. The molecule has 0 aliphatic carbocycles. The van der Waals surface area contributed by atoms with Crippen molar-refractivity contribution < 1.29 is 4.57 Å². The molecule has 0 unspecified atom stereocenters. The molecular weight excluding hydrogens is 124 g/mol. The molecule has 0 spiro atoms. The van der Waals surface area contributed by atoms with E-state index in [1.165, 1.54) is 5.56 Å². The van der Waals surface area contributed by atoms with E-state index in [2.05, 4.69) is 23.8 Å². The molecule has 54 valence electrons. The summed E-state index contributed by atoms with van der Waals surface area (Å²) in [6.07, 6.45) is 4.12. The lowest BCUT2D eigenvalue weighted by atomic mass is 10.3. The van der Waals surface area contributed by atoms with Gasteiger partial charge < -0.3 is 5.73 Å². The SMILES string of the molecule is Cc1ccc[n+](CCN)c1. The van der Waals surface area contributed by atoms with Crippen LogP contribution in [0.2, 0.25) is 0 Å². The van der Waals surface area contributed by atoms with E-state index in [0.717, 1.165) is 6.54 Å². The molecule has 2 nitrogen and oxygen atoms in total. The minimum absolute atomic E-state index is 0.702. The van der Waals surface area contributed by atoms with Crippen molar-refractivity contribution in [1.82, 2.24) is 0 Å². The Morgan fingerprint density at radius 2 is 2.40 bits per heavy atom. The van der Waals surface area contributed by atoms with Gasteiger partial charge in [0.1, 0.15) is 0 Å². The summed E-state index contributed by atoms with van der Waals surface area (Å²) in [4.78, 5) is 0. The molecule has 0 atom stereocenters. The predicted octanol–water partition coefficient (Wildman–Crippen LogP) is 0.241. The monoisotopic (exact) mass is 137 g/mol. The second-order valence-corrected chi connectivity index (χ2v) is 2.41. The highest BCUT2D eigenvalue weighted by Gasteiger charge is 1.95. The second kappa shape index (κ2) is 3.32. The molecule has 1 aromatic heterocycles. The molecule has 0 amide bonds. The van der Waals surface area contributed by atoms with Gasteiger partial charge >= 0.3 is 0 Å². The van der Waals surface area contributed by atoms with Gasteiger partial charge in [0.15, 0.2) is 18.9 Å². The molecule has 1 rings (SSSR count). The van der Waals surface area contributed by atoms with E-state index in [0.29, 0.717) is 6.54 Å². The molecule has 2 heteroatoms. The van der Waals surface area contributed by atoms with E-state index in [9.17, 15) is 0 Å². The van der Waals surface area contributed by atoms with Crippen LogP contribution in [0.15, 0.2) is 24.5 Å². The zero-order chi connectivity index (χ0) is 7.40. The van der Waals surface area contributed by atoms with Crippen molar-refractivity contribution in [3.63, 3.8) is 0 Å². The molecule has 10 heavy (non-hydrogen) atoms. The highest BCUT2D eigenvalue weighted by atomic mass is 14.9. The predicted molar refractivity (Wildman–Crippen MR) is 40.4 cm³/mol. The van der Waals surface area contributed by atoms with Gasteiger partial charge in [0.25, 0.3) is 0 Å². The van der Waals surface area contributed by atoms with Crippen molar-refractivity contribution in [3.8, 4) is 0 Å². The van der Waals surface area contributed by atoms with Crippen molar-refractivity contribution in [2.75, 3.05) is 6.54 Å². The number of rotatable bonds is 2. The van der Waals surface area contributed by atoms with Gasteiger partial charge in [-0.2, -0.15) is 0 Å². The zero-order valence-corrected chi connectivity index (χ0v) is 6.25. The van der Waals surface area contributed by atoms with Crippen molar-refractivity contribution in [3.05, 3.63) is 30.1 Å². The quantitative estimate of drug-likeness (QED) is 0.581. The average Bonchev–Trinajstić information content (AvgIpc) is 1.88. The van der Waals surface area contributed by atoms with E-state index < -0.39 is 0 Å². The van der Waals surface area contributed by atoms with Crippen LogP contribution in [0.25, 0.3) is 0 Å². The lowest BCUT2D eigenvalue weighted by Gasteiger charge is -1.92. The molecule has 0 aliphatic heterocycles. The van der Waals surface area contributed by atoms with E-state index >= 15 is 0 Å². The normalized spacial score (nSPS) is 9.80. The van der Waals surface area contributed by atoms with E-state index in [4.69, 9.17) is 5.73 Å². The lowest BCUT2D eigenvalue weighted by Crippen LogP contribution is -2.36. The Labute approximate surface area is 61.3 Å². The maximum atomic E-state index is 5.39. The van der Waals surface area contributed by atoms with Crippen LogP contribution in [-0.2, 0) is 6.54 Å². The first kappa shape index (κ1) is 7.22. The number of aryl methyl sites for hydroxylation is 1. The van der Waals surface area contributed by atoms with E-state index in [-0.39, 0.29) is 0 Å². The van der Waals surface area contributed by atoms with Gasteiger partial charge in [-0.25, -0.2) is 4.57 Å². The van der Waals surface area contributed by atoms with Crippen LogP contribution in [0, 0.1) is 6.92 Å². The molecule has 0 radical (unpaired) electrons. The Morgan fingerprint density at radius 3 is 3.00 bits per heavy atom. The minimum Gasteiger partial charge on any atom is -0.325 e. The number of pyridine rings is 1. The molecule has 0 saturated heterocycles. The highest BCUT2D eigenvalue weighted by molar-refractivity contribution is 5.01. The van der Waals surface area contributed by atoms with Gasteiger partial charge in [-0.3, -0.25) is 0 Å². The zero-order valence-electron chi connectivity index (χ0n) is 6.25. The van der Waals surface area contributed by atoms with Crippen molar-refractivity contribution in [1.29, 1.82) is 0 Å². The summed E-state index contributed by atoms with van der Waals surface area (Å²) >= 11 is 0. The van der Waals surface area contributed by atoms with Gasteiger partial charge in [0.05, 0.1) is 6.54 Å². The Morgan fingerprint density at radius 1 is 1.60 bits per heavy atom.